The lowest BCUT2D eigenvalue weighted by molar-refractivity contribution is 0.633. The van der Waals surface area contributed by atoms with E-state index in [-0.39, 0.29) is 11.3 Å². The number of nitrogens with zero attached hydrogens (tertiary/aromatic N) is 2. The first-order valence-electron chi connectivity index (χ1n) is 5.52. The molecule has 0 aliphatic rings. The van der Waals surface area contributed by atoms with Crippen LogP contribution in [0.15, 0.2) is 40.4 Å². The molecule has 0 aromatic carbocycles. The first-order valence-corrected chi connectivity index (χ1v) is 7.35. The highest BCUT2D eigenvalue weighted by atomic mass is 32.2. The van der Waals surface area contributed by atoms with Crippen molar-refractivity contribution in [2.24, 2.45) is 5.73 Å². The lowest BCUT2D eigenvalue weighted by atomic mass is 10.1. The smallest absolute Gasteiger partial charge is 0.188 e. The fourth-order valence-electron chi connectivity index (χ4n) is 1.51. The third-order valence-electron chi connectivity index (χ3n) is 2.51. The quantitative estimate of drug-likeness (QED) is 0.666. The Bertz CT molecular complexity index is 430. The molecule has 5 heteroatoms. The Labute approximate surface area is 109 Å². The van der Waals surface area contributed by atoms with Crippen molar-refractivity contribution in [3.8, 4) is 0 Å². The van der Waals surface area contributed by atoms with Gasteiger partial charge in [-0.05, 0) is 34.9 Å². The van der Waals surface area contributed by atoms with E-state index < -0.39 is 0 Å². The van der Waals surface area contributed by atoms with E-state index in [0.29, 0.717) is 0 Å². The molecule has 0 saturated heterocycles. The molecule has 2 rings (SSSR count). The van der Waals surface area contributed by atoms with Crippen LogP contribution in [0, 0.1) is 0 Å². The molecule has 0 bridgehead atoms. The van der Waals surface area contributed by atoms with Gasteiger partial charge in [0, 0.05) is 18.4 Å². The number of nitrogens with two attached hydrogens (primary N) is 1. The van der Waals surface area contributed by atoms with E-state index in [2.05, 4.69) is 33.7 Å². The molecule has 2 N–H and O–H groups in total. The first kappa shape index (κ1) is 12.5. The third kappa shape index (κ3) is 3.28. The molecule has 17 heavy (non-hydrogen) atoms. The molecule has 2 aromatic heterocycles. The summed E-state index contributed by atoms with van der Waals surface area (Å²) in [4.78, 5) is 8.49. The summed E-state index contributed by atoms with van der Waals surface area (Å²) in [7, 11) is 0. The Hall–Kier alpha value is -0.910. The predicted molar refractivity (Wildman–Crippen MR) is 73.2 cm³/mol. The fraction of sp³-hybridized carbons (Fsp3) is 0.333. The molecule has 0 radical (unpaired) electrons. The Morgan fingerprint density at radius 2 is 2.18 bits per heavy atom. The maximum Gasteiger partial charge on any atom is 0.188 e. The number of aromatic nitrogens is 2. The van der Waals surface area contributed by atoms with E-state index in [1.54, 1.807) is 35.5 Å². The molecule has 2 atom stereocenters. The van der Waals surface area contributed by atoms with Gasteiger partial charge in [-0.15, -0.1) is 0 Å². The Morgan fingerprint density at radius 1 is 1.41 bits per heavy atom. The molecule has 0 saturated carbocycles. The highest BCUT2D eigenvalue weighted by Crippen LogP contribution is 2.36. The zero-order valence-corrected chi connectivity index (χ0v) is 11.2. The second kappa shape index (κ2) is 6.14. The molecule has 0 aliphatic heterocycles. The van der Waals surface area contributed by atoms with Gasteiger partial charge in [0.05, 0.1) is 5.25 Å². The molecule has 0 amide bonds. The van der Waals surface area contributed by atoms with Crippen molar-refractivity contribution < 1.29 is 0 Å². The van der Waals surface area contributed by atoms with Gasteiger partial charge in [0.1, 0.15) is 0 Å². The summed E-state index contributed by atoms with van der Waals surface area (Å²) in [5.74, 6) is 0. The van der Waals surface area contributed by atoms with Gasteiger partial charge in [0.2, 0.25) is 0 Å². The third-order valence-corrected chi connectivity index (χ3v) is 4.51. The van der Waals surface area contributed by atoms with Crippen molar-refractivity contribution in [2.45, 2.75) is 29.8 Å². The normalized spacial score (nSPS) is 14.5. The van der Waals surface area contributed by atoms with Crippen molar-refractivity contribution in [1.82, 2.24) is 9.97 Å². The number of rotatable bonds is 5. The maximum atomic E-state index is 6.18. The van der Waals surface area contributed by atoms with Gasteiger partial charge in [-0.2, -0.15) is 11.3 Å². The van der Waals surface area contributed by atoms with E-state index in [4.69, 9.17) is 5.73 Å². The summed E-state index contributed by atoms with van der Waals surface area (Å²) < 4.78 is 0. The van der Waals surface area contributed by atoms with Crippen LogP contribution < -0.4 is 5.73 Å². The number of hydrogen-bond donors (Lipinski definition) is 1. The Kier molecular flexibility index (Phi) is 4.53. The van der Waals surface area contributed by atoms with E-state index in [9.17, 15) is 0 Å². The fourth-order valence-corrected chi connectivity index (χ4v) is 3.42. The molecule has 0 aliphatic carbocycles. The minimum atomic E-state index is 0.124. The Morgan fingerprint density at radius 3 is 2.76 bits per heavy atom. The largest absolute Gasteiger partial charge is 0.326 e. The van der Waals surface area contributed by atoms with Gasteiger partial charge in [-0.25, -0.2) is 9.97 Å². The molecule has 90 valence electrons. The standard InChI is InChI=1S/C12H15N3S2/c1-2-10(13)11(9-4-7-16-8-9)17-12-14-5-3-6-15-12/h3-8,10-11H,2,13H2,1H3. The summed E-state index contributed by atoms with van der Waals surface area (Å²) in [6, 6.07) is 4.07. The lowest BCUT2D eigenvalue weighted by Crippen LogP contribution is -2.25. The van der Waals surface area contributed by atoms with E-state index >= 15 is 0 Å². The van der Waals surface area contributed by atoms with Crippen molar-refractivity contribution in [1.29, 1.82) is 0 Å². The van der Waals surface area contributed by atoms with Crippen LogP contribution in [0.5, 0.6) is 0 Å². The number of thiophene rings is 1. The lowest BCUT2D eigenvalue weighted by Gasteiger charge is -2.20. The molecule has 3 nitrogen and oxygen atoms in total. The van der Waals surface area contributed by atoms with Gasteiger partial charge in [-0.3, -0.25) is 0 Å². The minimum absolute atomic E-state index is 0.124. The maximum absolute atomic E-state index is 6.18. The summed E-state index contributed by atoms with van der Waals surface area (Å²) in [5, 5.41) is 5.24. The average Bonchev–Trinajstić information content (AvgIpc) is 2.90. The summed E-state index contributed by atoms with van der Waals surface area (Å²) in [6.45, 7) is 2.11. The van der Waals surface area contributed by atoms with Gasteiger partial charge >= 0.3 is 0 Å². The van der Waals surface area contributed by atoms with Crippen molar-refractivity contribution in [3.05, 3.63) is 40.8 Å². The summed E-state index contributed by atoms with van der Waals surface area (Å²) in [6.07, 6.45) is 4.47. The second-order valence-corrected chi connectivity index (χ2v) is 5.59. The van der Waals surface area contributed by atoms with Crippen molar-refractivity contribution >= 4 is 23.1 Å². The first-order chi connectivity index (χ1) is 8.31. The van der Waals surface area contributed by atoms with Crippen molar-refractivity contribution in [2.75, 3.05) is 0 Å². The number of hydrogen-bond acceptors (Lipinski definition) is 5. The zero-order chi connectivity index (χ0) is 12.1. The molecular formula is C12H15N3S2. The SMILES string of the molecule is CCC(N)C(Sc1ncccn1)c1ccsc1. The monoisotopic (exact) mass is 265 g/mol. The molecule has 0 spiro atoms. The van der Waals surface area contributed by atoms with Crippen LogP contribution in [0.1, 0.15) is 24.2 Å². The van der Waals surface area contributed by atoms with Crippen LogP contribution in [-0.4, -0.2) is 16.0 Å². The number of thioether (sulfide) groups is 1. The summed E-state index contributed by atoms with van der Waals surface area (Å²) >= 11 is 3.34. The van der Waals surface area contributed by atoms with E-state index in [1.807, 2.05) is 6.07 Å². The van der Waals surface area contributed by atoms with Gasteiger partial charge < -0.3 is 5.73 Å². The topological polar surface area (TPSA) is 51.8 Å². The van der Waals surface area contributed by atoms with Gasteiger partial charge in [0.15, 0.2) is 5.16 Å². The van der Waals surface area contributed by atoms with Crippen LogP contribution in [0.2, 0.25) is 0 Å². The highest BCUT2D eigenvalue weighted by Gasteiger charge is 2.21. The Balaban J connectivity index is 2.17. The van der Waals surface area contributed by atoms with E-state index in [1.165, 1.54) is 5.56 Å². The van der Waals surface area contributed by atoms with Crippen LogP contribution in [0.25, 0.3) is 0 Å². The van der Waals surface area contributed by atoms with Gasteiger partial charge in [-0.1, -0.05) is 18.7 Å². The van der Waals surface area contributed by atoms with Gasteiger partial charge in [0.25, 0.3) is 0 Å². The van der Waals surface area contributed by atoms with Crippen LogP contribution >= 0.6 is 23.1 Å². The predicted octanol–water partition coefficient (Wildman–Crippen LogP) is 3.11. The zero-order valence-electron chi connectivity index (χ0n) is 9.61. The van der Waals surface area contributed by atoms with Crippen molar-refractivity contribution in [3.63, 3.8) is 0 Å². The van der Waals surface area contributed by atoms with E-state index in [0.717, 1.165) is 11.6 Å². The molecular weight excluding hydrogens is 250 g/mol. The minimum Gasteiger partial charge on any atom is -0.326 e. The molecule has 2 unspecified atom stereocenters. The van der Waals surface area contributed by atoms with Crippen LogP contribution in [0.4, 0.5) is 0 Å². The molecule has 2 aromatic rings. The average molecular weight is 265 g/mol. The van der Waals surface area contributed by atoms with Crippen LogP contribution in [-0.2, 0) is 0 Å². The molecule has 2 heterocycles. The highest BCUT2D eigenvalue weighted by molar-refractivity contribution is 7.99. The molecule has 0 fully saturated rings. The second-order valence-electron chi connectivity index (χ2n) is 3.70. The van der Waals surface area contributed by atoms with Crippen LogP contribution in [0.3, 0.4) is 0 Å². The summed E-state index contributed by atoms with van der Waals surface area (Å²) in [5.41, 5.74) is 7.45.